The van der Waals surface area contributed by atoms with Gasteiger partial charge in [0.25, 0.3) is 0 Å². The van der Waals surface area contributed by atoms with Crippen molar-refractivity contribution in [3.05, 3.63) is 36.8 Å². The predicted molar refractivity (Wildman–Crippen MR) is 124 cm³/mol. The SMILES string of the molecule is CN(c1nn2cc(-c3ccc(-c4cn[nH]c4)cc3O)nc2s1)C1CC2CCC(C1)N2.Cl. The summed E-state index contributed by atoms with van der Waals surface area (Å²) in [6, 6.07) is 7.43. The van der Waals surface area contributed by atoms with Gasteiger partial charge < -0.3 is 15.3 Å². The van der Waals surface area contributed by atoms with Gasteiger partial charge in [-0.3, -0.25) is 5.10 Å². The van der Waals surface area contributed by atoms with E-state index in [1.54, 1.807) is 29.8 Å². The van der Waals surface area contributed by atoms with Crippen LogP contribution < -0.4 is 10.2 Å². The number of phenols is 1. The summed E-state index contributed by atoms with van der Waals surface area (Å²) in [6.07, 6.45) is 10.4. The molecule has 2 bridgehead atoms. The van der Waals surface area contributed by atoms with E-state index >= 15 is 0 Å². The molecule has 2 aliphatic heterocycles. The highest BCUT2D eigenvalue weighted by molar-refractivity contribution is 7.20. The van der Waals surface area contributed by atoms with E-state index in [0.29, 0.717) is 23.7 Å². The van der Waals surface area contributed by atoms with Crippen molar-refractivity contribution in [1.82, 2.24) is 30.1 Å². The molecule has 2 fully saturated rings. The maximum atomic E-state index is 10.6. The van der Waals surface area contributed by atoms with Crippen molar-refractivity contribution in [1.29, 1.82) is 0 Å². The van der Waals surface area contributed by atoms with Crippen molar-refractivity contribution in [2.75, 3.05) is 11.9 Å². The van der Waals surface area contributed by atoms with Crippen LogP contribution in [0.4, 0.5) is 5.13 Å². The third-order valence-corrected chi connectivity index (χ3v) is 7.45. The molecule has 31 heavy (non-hydrogen) atoms. The molecule has 0 aliphatic carbocycles. The van der Waals surface area contributed by atoms with Crippen molar-refractivity contribution < 1.29 is 5.11 Å². The molecule has 2 saturated heterocycles. The van der Waals surface area contributed by atoms with Crippen LogP contribution in [0.25, 0.3) is 27.3 Å². The molecule has 2 unspecified atom stereocenters. The van der Waals surface area contributed by atoms with Crippen LogP contribution in [0.15, 0.2) is 36.8 Å². The molecule has 8 nitrogen and oxygen atoms in total. The Morgan fingerprint density at radius 1 is 1.19 bits per heavy atom. The van der Waals surface area contributed by atoms with E-state index in [2.05, 4.69) is 27.5 Å². The van der Waals surface area contributed by atoms with Crippen LogP contribution in [0.3, 0.4) is 0 Å². The fraction of sp³-hybridized carbons (Fsp3) is 0.381. The molecule has 3 N–H and O–H groups in total. The number of nitrogens with zero attached hydrogens (tertiary/aromatic N) is 5. The first-order chi connectivity index (χ1) is 14.6. The highest BCUT2D eigenvalue weighted by atomic mass is 35.5. The number of hydrogen-bond acceptors (Lipinski definition) is 7. The average molecular weight is 458 g/mol. The lowest BCUT2D eigenvalue weighted by Crippen LogP contribution is -2.47. The van der Waals surface area contributed by atoms with Gasteiger partial charge in [0.15, 0.2) is 0 Å². The smallest absolute Gasteiger partial charge is 0.214 e. The fourth-order valence-electron chi connectivity index (χ4n) is 4.80. The summed E-state index contributed by atoms with van der Waals surface area (Å²) in [6.45, 7) is 0. The molecule has 10 heteroatoms. The first-order valence-electron chi connectivity index (χ1n) is 10.3. The summed E-state index contributed by atoms with van der Waals surface area (Å²) in [4.78, 5) is 7.89. The quantitative estimate of drug-likeness (QED) is 0.432. The second-order valence-corrected chi connectivity index (χ2v) is 9.27. The van der Waals surface area contributed by atoms with Crippen LogP contribution in [0.1, 0.15) is 25.7 Å². The molecule has 0 radical (unpaired) electrons. The lowest BCUT2D eigenvalue weighted by atomic mass is 9.99. The molecule has 4 aromatic rings. The van der Waals surface area contributed by atoms with E-state index in [9.17, 15) is 5.11 Å². The van der Waals surface area contributed by atoms with Gasteiger partial charge in [-0.15, -0.1) is 17.5 Å². The number of phenolic OH excluding ortho intramolecular Hbond substituents is 1. The minimum atomic E-state index is 0. The molecule has 2 aliphatic rings. The van der Waals surface area contributed by atoms with Gasteiger partial charge in [0.1, 0.15) is 5.75 Å². The molecule has 1 aromatic carbocycles. The number of anilines is 1. The van der Waals surface area contributed by atoms with Crippen molar-refractivity contribution in [2.45, 2.75) is 43.8 Å². The van der Waals surface area contributed by atoms with Crippen LogP contribution in [0, 0.1) is 0 Å². The molecule has 0 amide bonds. The lowest BCUT2D eigenvalue weighted by Gasteiger charge is -2.35. The van der Waals surface area contributed by atoms with Gasteiger partial charge in [-0.25, -0.2) is 9.50 Å². The standard InChI is InChI=1S/C21H23N7OS.ClH/c1-27(16-7-14-3-4-15(8-16)24-14)21-26-28-11-18(25-20(28)30-21)17-5-2-12(6-19(17)29)13-9-22-23-10-13;/h2,5-6,9-11,14-16,24,29H,3-4,7-8H2,1H3,(H,22,23);1H. The first kappa shape index (κ1) is 20.3. The van der Waals surface area contributed by atoms with Crippen molar-refractivity contribution >= 4 is 33.8 Å². The van der Waals surface area contributed by atoms with Gasteiger partial charge in [0.05, 0.1) is 18.1 Å². The van der Waals surface area contributed by atoms with E-state index in [0.717, 1.165) is 26.9 Å². The average Bonchev–Trinajstić information content (AvgIpc) is 3.51. The second kappa shape index (κ2) is 7.81. The summed E-state index contributed by atoms with van der Waals surface area (Å²) >= 11 is 1.60. The Morgan fingerprint density at radius 3 is 2.68 bits per heavy atom. The van der Waals surface area contributed by atoms with E-state index in [1.807, 2.05) is 22.8 Å². The van der Waals surface area contributed by atoms with Gasteiger partial charge in [-0.2, -0.15) is 5.10 Å². The minimum Gasteiger partial charge on any atom is -0.507 e. The summed E-state index contributed by atoms with van der Waals surface area (Å²) in [5.41, 5.74) is 3.26. The highest BCUT2D eigenvalue weighted by Gasteiger charge is 2.36. The number of halogens is 1. The maximum absolute atomic E-state index is 10.6. The summed E-state index contributed by atoms with van der Waals surface area (Å²) < 4.78 is 1.82. The van der Waals surface area contributed by atoms with E-state index < -0.39 is 0 Å². The monoisotopic (exact) mass is 457 g/mol. The number of aromatic hydroxyl groups is 1. The zero-order chi connectivity index (χ0) is 20.2. The normalized spacial score (nSPS) is 22.5. The van der Waals surface area contributed by atoms with Crippen molar-refractivity contribution in [3.8, 4) is 28.1 Å². The molecular weight excluding hydrogens is 434 g/mol. The Kier molecular flexibility index (Phi) is 5.11. The van der Waals surface area contributed by atoms with Crippen molar-refractivity contribution in [3.63, 3.8) is 0 Å². The number of aromatic amines is 1. The molecule has 5 heterocycles. The highest BCUT2D eigenvalue weighted by Crippen LogP contribution is 2.36. The number of nitrogens with one attached hydrogen (secondary N) is 2. The fourth-order valence-corrected chi connectivity index (χ4v) is 5.71. The molecule has 0 saturated carbocycles. The van der Waals surface area contributed by atoms with Crippen LogP contribution >= 0.6 is 23.7 Å². The Labute approximate surface area is 189 Å². The lowest BCUT2D eigenvalue weighted by molar-refractivity contribution is 0.354. The number of imidazole rings is 1. The van der Waals surface area contributed by atoms with Gasteiger partial charge in [0.2, 0.25) is 10.1 Å². The molecule has 6 rings (SSSR count). The molecule has 0 spiro atoms. The topological polar surface area (TPSA) is 94.4 Å². The van der Waals surface area contributed by atoms with Gasteiger partial charge in [-0.1, -0.05) is 17.4 Å². The van der Waals surface area contributed by atoms with Crippen LogP contribution in [0.2, 0.25) is 0 Å². The Hall–Kier alpha value is -2.62. The number of H-pyrrole nitrogens is 1. The predicted octanol–water partition coefficient (Wildman–Crippen LogP) is 3.69. The van der Waals surface area contributed by atoms with E-state index in [4.69, 9.17) is 10.1 Å². The number of hydrogen-bond donors (Lipinski definition) is 3. The number of aromatic nitrogens is 5. The van der Waals surface area contributed by atoms with Gasteiger partial charge >= 0.3 is 0 Å². The number of rotatable bonds is 4. The Bertz CT molecular complexity index is 1160. The number of fused-ring (bicyclic) bond motifs is 3. The van der Waals surface area contributed by atoms with Crippen LogP contribution in [-0.4, -0.2) is 55.1 Å². The van der Waals surface area contributed by atoms with E-state index in [-0.39, 0.29) is 18.2 Å². The number of piperidine rings is 1. The Balaban J connectivity index is 0.00000204. The minimum absolute atomic E-state index is 0. The summed E-state index contributed by atoms with van der Waals surface area (Å²) in [7, 11) is 2.15. The maximum Gasteiger partial charge on any atom is 0.214 e. The molecular formula is C21H24ClN7OS. The van der Waals surface area contributed by atoms with E-state index in [1.165, 1.54) is 25.7 Å². The third kappa shape index (κ3) is 3.56. The van der Waals surface area contributed by atoms with Crippen molar-refractivity contribution in [2.24, 2.45) is 0 Å². The van der Waals surface area contributed by atoms with Gasteiger partial charge in [0, 0.05) is 42.5 Å². The zero-order valence-corrected chi connectivity index (χ0v) is 18.7. The largest absolute Gasteiger partial charge is 0.507 e. The first-order valence-corrected chi connectivity index (χ1v) is 11.1. The zero-order valence-electron chi connectivity index (χ0n) is 17.0. The molecule has 162 valence electrons. The molecule has 2 atom stereocenters. The summed E-state index contributed by atoms with van der Waals surface area (Å²) in [5, 5.41) is 26.8. The molecule has 3 aromatic heterocycles. The summed E-state index contributed by atoms with van der Waals surface area (Å²) in [5.74, 6) is 0.196. The second-order valence-electron chi connectivity index (χ2n) is 8.33. The number of benzene rings is 1. The van der Waals surface area contributed by atoms with Gasteiger partial charge in [-0.05, 0) is 43.4 Å². The third-order valence-electron chi connectivity index (χ3n) is 6.44. The van der Waals surface area contributed by atoms with Crippen LogP contribution in [0.5, 0.6) is 5.75 Å². The Morgan fingerprint density at radius 2 is 2.00 bits per heavy atom. The van der Waals surface area contributed by atoms with Crippen LogP contribution in [-0.2, 0) is 0 Å².